The molecule has 0 spiro atoms. The predicted octanol–water partition coefficient (Wildman–Crippen LogP) is 2.76. The van der Waals surface area contributed by atoms with E-state index >= 15 is 0 Å². The SMILES string of the molecule is C[C@H]1O[C@@H](S[C@@H]2OC(CO)[C@H](O)C(n3cc(-c4ncc(C(F)(F)F)cc4Cl)nn3)C2O)[C@H](O)C(n2cc(-c3ncc(C(F)(F)F)cc3Cl)nn2)C1O. The predicted molar refractivity (Wildman–Crippen MR) is 166 cm³/mol. The molecule has 4 aromatic heterocycles. The molecule has 52 heavy (non-hydrogen) atoms. The molecule has 15 nitrogen and oxygen atoms in total. The van der Waals surface area contributed by atoms with Crippen molar-refractivity contribution < 1.29 is 61.3 Å². The maximum Gasteiger partial charge on any atom is 0.417 e. The zero-order valence-electron chi connectivity index (χ0n) is 26.0. The number of rotatable bonds is 7. The van der Waals surface area contributed by atoms with Gasteiger partial charge in [0.15, 0.2) is 0 Å². The summed E-state index contributed by atoms with van der Waals surface area (Å²) in [5.74, 6) is 0. The molecule has 2 aliphatic rings. The van der Waals surface area contributed by atoms with E-state index < -0.39 is 94.7 Å². The second-order valence-electron chi connectivity index (χ2n) is 11.8. The molecule has 0 aromatic carbocycles. The molecule has 4 aromatic rings. The summed E-state index contributed by atoms with van der Waals surface area (Å²) in [5, 5.41) is 69.6. The van der Waals surface area contributed by atoms with E-state index in [1.807, 2.05) is 0 Å². The van der Waals surface area contributed by atoms with Gasteiger partial charge >= 0.3 is 12.4 Å². The molecule has 0 aliphatic carbocycles. The van der Waals surface area contributed by atoms with Gasteiger partial charge in [0, 0.05) is 12.4 Å². The lowest BCUT2D eigenvalue weighted by atomic mass is 9.97. The van der Waals surface area contributed by atoms with Crippen LogP contribution in [-0.4, -0.2) is 120 Å². The smallest absolute Gasteiger partial charge is 0.394 e. The topological polar surface area (TPSA) is 207 Å². The summed E-state index contributed by atoms with van der Waals surface area (Å²) in [5.41, 5.74) is -5.33. The van der Waals surface area contributed by atoms with Gasteiger partial charge in [0.05, 0.1) is 46.3 Å². The highest BCUT2D eigenvalue weighted by Gasteiger charge is 2.51. The zero-order chi connectivity index (χ0) is 37.9. The third-order valence-corrected chi connectivity index (χ3v) is 10.3. The summed E-state index contributed by atoms with van der Waals surface area (Å²) in [6.07, 6.45) is -14.5. The van der Waals surface area contributed by atoms with Crippen LogP contribution in [0, 0.1) is 0 Å². The fourth-order valence-electron chi connectivity index (χ4n) is 5.69. The Balaban J connectivity index is 1.23. The summed E-state index contributed by atoms with van der Waals surface area (Å²) >= 11 is 12.8. The van der Waals surface area contributed by atoms with Gasteiger partial charge in [0.25, 0.3) is 0 Å². The van der Waals surface area contributed by atoms with Crippen LogP contribution in [0.3, 0.4) is 0 Å². The van der Waals surface area contributed by atoms with E-state index in [1.165, 1.54) is 19.3 Å². The summed E-state index contributed by atoms with van der Waals surface area (Å²) in [7, 11) is 0. The molecule has 2 aliphatic heterocycles. The van der Waals surface area contributed by atoms with Gasteiger partial charge in [0.2, 0.25) is 0 Å². The molecule has 2 fully saturated rings. The number of hydrogen-bond donors (Lipinski definition) is 5. The molecule has 6 heterocycles. The summed E-state index contributed by atoms with van der Waals surface area (Å²) in [6, 6.07) is -1.34. The fraction of sp³-hybridized carbons (Fsp3) is 0.500. The maximum absolute atomic E-state index is 13.1. The molecule has 0 amide bonds. The number of pyridine rings is 2. The van der Waals surface area contributed by atoms with Crippen LogP contribution < -0.4 is 0 Å². The van der Waals surface area contributed by atoms with E-state index in [2.05, 4.69) is 30.6 Å². The van der Waals surface area contributed by atoms with E-state index in [9.17, 15) is 51.9 Å². The Morgan fingerprint density at radius 3 is 1.60 bits per heavy atom. The van der Waals surface area contributed by atoms with Crippen molar-refractivity contribution in [2.75, 3.05) is 6.61 Å². The Kier molecular flexibility index (Phi) is 10.8. The van der Waals surface area contributed by atoms with E-state index in [4.69, 9.17) is 32.7 Å². The van der Waals surface area contributed by atoms with Gasteiger partial charge in [-0.1, -0.05) is 45.4 Å². The van der Waals surface area contributed by atoms with Crippen molar-refractivity contribution in [1.29, 1.82) is 0 Å². The molecule has 10 atom stereocenters. The number of halogens is 8. The lowest BCUT2D eigenvalue weighted by Gasteiger charge is -2.45. The summed E-state index contributed by atoms with van der Waals surface area (Å²) < 4.78 is 92.2. The van der Waals surface area contributed by atoms with E-state index in [-0.39, 0.29) is 27.8 Å². The molecule has 2 saturated heterocycles. The standard InChI is InChI=1S/C28H26Cl2F6N8O7S/c1-9-21(46)19(43-6-14(39-41-43)17-12(29)2-10(4-37-17)27(31,32)33)23(48)25(50-9)52-26-24(49)20(22(47)16(8-45)51-26)44-7-15(40-42-44)18-13(30)3-11(5-38-18)28(34,35)36/h2-7,9,16,19-26,45-49H,8H2,1H3/t9-,16?,19?,20?,21?,22+,23-,24?,25+,26+/m1/s1. The van der Waals surface area contributed by atoms with Crippen molar-refractivity contribution >= 4 is 35.0 Å². The molecule has 5 unspecified atom stereocenters. The first-order valence-electron chi connectivity index (χ1n) is 15.0. The highest BCUT2D eigenvalue weighted by Crippen LogP contribution is 2.43. The lowest BCUT2D eigenvalue weighted by molar-refractivity contribution is -0.183. The third kappa shape index (κ3) is 7.45. The number of aromatic nitrogens is 8. The van der Waals surface area contributed by atoms with Crippen LogP contribution in [-0.2, 0) is 21.8 Å². The van der Waals surface area contributed by atoms with Crippen LogP contribution in [0.4, 0.5) is 26.3 Å². The van der Waals surface area contributed by atoms with Crippen LogP contribution >= 0.6 is 35.0 Å². The first-order valence-corrected chi connectivity index (χ1v) is 16.7. The Labute approximate surface area is 302 Å². The fourth-order valence-corrected chi connectivity index (χ4v) is 7.57. The third-order valence-electron chi connectivity index (χ3n) is 8.38. The van der Waals surface area contributed by atoms with E-state index in [1.54, 1.807) is 0 Å². The van der Waals surface area contributed by atoms with Crippen LogP contribution in [0.25, 0.3) is 22.8 Å². The molecule has 0 radical (unpaired) electrons. The molecule has 0 bridgehead atoms. The molecule has 6 rings (SSSR count). The zero-order valence-corrected chi connectivity index (χ0v) is 28.3. The number of hydrogen-bond acceptors (Lipinski definition) is 14. The van der Waals surface area contributed by atoms with Gasteiger partial charge < -0.3 is 35.0 Å². The Bertz CT molecular complexity index is 1910. The van der Waals surface area contributed by atoms with Crippen molar-refractivity contribution in [1.82, 2.24) is 40.0 Å². The molecule has 282 valence electrons. The Hall–Kier alpha value is -3.19. The number of thioether (sulfide) groups is 1. The van der Waals surface area contributed by atoms with Crippen molar-refractivity contribution in [2.45, 2.75) is 78.9 Å². The first-order chi connectivity index (χ1) is 24.4. The molecule has 0 saturated carbocycles. The number of aliphatic hydroxyl groups is 5. The van der Waals surface area contributed by atoms with E-state index in [0.29, 0.717) is 24.5 Å². The second kappa shape index (κ2) is 14.6. The van der Waals surface area contributed by atoms with Crippen molar-refractivity contribution in [3.05, 3.63) is 58.1 Å². The molecule has 24 heteroatoms. The number of aliphatic hydroxyl groups excluding tert-OH is 5. The highest BCUT2D eigenvalue weighted by atomic mass is 35.5. The van der Waals surface area contributed by atoms with Gasteiger partial charge in [-0.15, -0.1) is 10.2 Å². The normalized spacial score (nSPS) is 30.1. The van der Waals surface area contributed by atoms with Gasteiger partial charge in [-0.3, -0.25) is 9.97 Å². The van der Waals surface area contributed by atoms with Gasteiger partial charge in [-0.25, -0.2) is 9.36 Å². The Morgan fingerprint density at radius 1 is 0.731 bits per heavy atom. The minimum Gasteiger partial charge on any atom is -0.394 e. The van der Waals surface area contributed by atoms with Crippen molar-refractivity contribution in [3.63, 3.8) is 0 Å². The monoisotopic (exact) mass is 802 g/mol. The van der Waals surface area contributed by atoms with Crippen LogP contribution in [0.5, 0.6) is 0 Å². The number of ether oxygens (including phenoxy) is 2. The largest absolute Gasteiger partial charge is 0.417 e. The Morgan fingerprint density at radius 2 is 1.17 bits per heavy atom. The average Bonchev–Trinajstić information content (AvgIpc) is 3.75. The maximum atomic E-state index is 13.1. The molecular weight excluding hydrogens is 777 g/mol. The van der Waals surface area contributed by atoms with Crippen molar-refractivity contribution in [2.24, 2.45) is 0 Å². The van der Waals surface area contributed by atoms with E-state index in [0.717, 1.165) is 21.1 Å². The number of alkyl halides is 6. The van der Waals surface area contributed by atoms with Crippen molar-refractivity contribution in [3.8, 4) is 22.8 Å². The van der Waals surface area contributed by atoms with Crippen LogP contribution in [0.2, 0.25) is 10.0 Å². The minimum absolute atomic E-state index is 0.0740. The molecular formula is C28H26Cl2F6N8O7S. The molecule has 5 N–H and O–H groups in total. The average molecular weight is 804 g/mol. The van der Waals surface area contributed by atoms with Crippen LogP contribution in [0.15, 0.2) is 36.9 Å². The van der Waals surface area contributed by atoms with Gasteiger partial charge in [0.1, 0.15) is 76.3 Å². The summed E-state index contributed by atoms with van der Waals surface area (Å²) in [4.78, 5) is 7.48. The highest BCUT2D eigenvalue weighted by molar-refractivity contribution is 8.00. The quantitative estimate of drug-likeness (QED) is 0.171. The van der Waals surface area contributed by atoms with Gasteiger partial charge in [-0.2, -0.15) is 26.3 Å². The van der Waals surface area contributed by atoms with Gasteiger partial charge in [-0.05, 0) is 19.1 Å². The number of nitrogens with zero attached hydrogens (tertiary/aromatic N) is 8. The second-order valence-corrected chi connectivity index (χ2v) is 13.8. The first kappa shape index (κ1) is 38.5. The van der Waals surface area contributed by atoms with Crippen LogP contribution in [0.1, 0.15) is 30.1 Å². The lowest BCUT2D eigenvalue weighted by Crippen LogP contribution is -2.57. The summed E-state index contributed by atoms with van der Waals surface area (Å²) in [6.45, 7) is 0.727. The minimum atomic E-state index is -4.71.